The molecule has 0 radical (unpaired) electrons. The predicted molar refractivity (Wildman–Crippen MR) is 69.6 cm³/mol. The largest absolute Gasteiger partial charge is 0.497 e. The van der Waals surface area contributed by atoms with E-state index in [1.54, 1.807) is 13.2 Å². The van der Waals surface area contributed by atoms with Crippen LogP contribution in [0.2, 0.25) is 5.02 Å². The molecule has 1 atom stereocenters. The number of aliphatic hydroxyl groups excluding tert-OH is 1. The maximum absolute atomic E-state index is 9.25. The van der Waals surface area contributed by atoms with E-state index in [4.69, 9.17) is 22.1 Å². The van der Waals surface area contributed by atoms with E-state index in [2.05, 4.69) is 5.32 Å². The van der Waals surface area contributed by atoms with Gasteiger partial charge in [-0.1, -0.05) is 17.7 Å². The third kappa shape index (κ3) is 4.91. The molecule has 1 unspecified atom stereocenters. The van der Waals surface area contributed by atoms with Gasteiger partial charge in [-0.2, -0.15) is 0 Å². The average Bonchev–Trinajstić information content (AvgIpc) is 2.35. The summed E-state index contributed by atoms with van der Waals surface area (Å²) in [7, 11) is 1.61. The fourth-order valence-electron chi connectivity index (χ4n) is 1.43. The minimum Gasteiger partial charge on any atom is -0.497 e. The van der Waals surface area contributed by atoms with Gasteiger partial charge in [0.05, 0.1) is 13.2 Å². The van der Waals surface area contributed by atoms with Crippen LogP contribution in [-0.4, -0.2) is 38.0 Å². The Morgan fingerprint density at radius 1 is 1.53 bits per heavy atom. The topological polar surface area (TPSA) is 67.5 Å². The zero-order valence-electron chi connectivity index (χ0n) is 9.95. The monoisotopic (exact) mass is 258 g/mol. The summed E-state index contributed by atoms with van der Waals surface area (Å²) in [5.41, 5.74) is 6.35. The zero-order chi connectivity index (χ0) is 12.7. The van der Waals surface area contributed by atoms with Crippen molar-refractivity contribution in [2.75, 3.05) is 26.7 Å². The van der Waals surface area contributed by atoms with E-state index >= 15 is 0 Å². The maximum Gasteiger partial charge on any atom is 0.120 e. The molecule has 17 heavy (non-hydrogen) atoms. The summed E-state index contributed by atoms with van der Waals surface area (Å²) in [6.45, 7) is 1.53. The molecule has 0 heterocycles. The third-order valence-electron chi connectivity index (χ3n) is 2.48. The Balaban J connectivity index is 2.36. The van der Waals surface area contributed by atoms with Crippen LogP contribution in [0, 0.1) is 0 Å². The Bertz CT molecular complexity index is 347. The van der Waals surface area contributed by atoms with Gasteiger partial charge in [0, 0.05) is 18.1 Å². The lowest BCUT2D eigenvalue weighted by Crippen LogP contribution is -2.33. The molecule has 0 saturated heterocycles. The first-order valence-corrected chi connectivity index (χ1v) is 5.96. The van der Waals surface area contributed by atoms with E-state index in [1.165, 1.54) is 0 Å². The van der Waals surface area contributed by atoms with Gasteiger partial charge in [0.25, 0.3) is 0 Å². The molecule has 0 aliphatic heterocycles. The highest BCUT2D eigenvalue weighted by atomic mass is 35.5. The highest BCUT2D eigenvalue weighted by Crippen LogP contribution is 2.22. The van der Waals surface area contributed by atoms with Crippen LogP contribution in [0.3, 0.4) is 0 Å². The van der Waals surface area contributed by atoms with Crippen LogP contribution in [0.15, 0.2) is 18.2 Å². The number of nitrogens with one attached hydrogen (secondary N) is 1. The fraction of sp³-hybridized carbons (Fsp3) is 0.500. The van der Waals surface area contributed by atoms with Gasteiger partial charge < -0.3 is 20.9 Å². The lowest BCUT2D eigenvalue weighted by molar-refractivity contribution is 0.180. The predicted octanol–water partition coefficient (Wildman–Crippen LogP) is 0.800. The molecule has 0 fully saturated rings. The molecule has 5 heteroatoms. The molecule has 0 bridgehead atoms. The first-order chi connectivity index (χ1) is 8.17. The fourth-order valence-corrected chi connectivity index (χ4v) is 1.70. The second-order valence-electron chi connectivity index (χ2n) is 3.80. The summed E-state index contributed by atoms with van der Waals surface area (Å²) in [4.78, 5) is 0. The van der Waals surface area contributed by atoms with Crippen LogP contribution in [0.25, 0.3) is 0 Å². The van der Waals surface area contributed by atoms with Gasteiger partial charge in [0.15, 0.2) is 0 Å². The molecule has 0 aromatic heterocycles. The molecule has 1 aromatic carbocycles. The van der Waals surface area contributed by atoms with Crippen molar-refractivity contribution in [3.63, 3.8) is 0 Å². The lowest BCUT2D eigenvalue weighted by Gasteiger charge is -2.10. The smallest absolute Gasteiger partial charge is 0.120 e. The van der Waals surface area contributed by atoms with Crippen molar-refractivity contribution in [1.82, 2.24) is 5.32 Å². The molecule has 0 saturated carbocycles. The second kappa shape index (κ2) is 7.50. The summed E-state index contributed by atoms with van der Waals surface area (Å²) in [5.74, 6) is 0.755. The molecular formula is C12H19ClN2O2. The normalized spacial score (nSPS) is 12.5. The number of hydrogen-bond acceptors (Lipinski definition) is 4. The molecule has 0 amide bonds. The zero-order valence-corrected chi connectivity index (χ0v) is 10.7. The van der Waals surface area contributed by atoms with Gasteiger partial charge in [-0.3, -0.25) is 0 Å². The first kappa shape index (κ1) is 14.3. The van der Waals surface area contributed by atoms with E-state index in [9.17, 15) is 5.11 Å². The van der Waals surface area contributed by atoms with Crippen molar-refractivity contribution >= 4 is 11.6 Å². The van der Waals surface area contributed by atoms with Crippen molar-refractivity contribution in [2.45, 2.75) is 12.5 Å². The van der Waals surface area contributed by atoms with Crippen LogP contribution in [-0.2, 0) is 6.42 Å². The van der Waals surface area contributed by atoms with Gasteiger partial charge in [-0.05, 0) is 30.7 Å². The van der Waals surface area contributed by atoms with Crippen LogP contribution in [0.5, 0.6) is 5.75 Å². The van der Waals surface area contributed by atoms with E-state index in [1.807, 2.05) is 12.1 Å². The molecule has 0 aliphatic carbocycles. The van der Waals surface area contributed by atoms with Crippen molar-refractivity contribution in [1.29, 1.82) is 0 Å². The van der Waals surface area contributed by atoms with Gasteiger partial charge in [-0.15, -0.1) is 0 Å². The van der Waals surface area contributed by atoms with Crippen LogP contribution in [0.4, 0.5) is 0 Å². The maximum atomic E-state index is 9.25. The quantitative estimate of drug-likeness (QED) is 0.633. The number of aliphatic hydroxyl groups is 1. The molecule has 1 rings (SSSR count). The van der Waals surface area contributed by atoms with Crippen LogP contribution in [0.1, 0.15) is 5.56 Å². The van der Waals surface area contributed by atoms with Crippen molar-refractivity contribution in [3.8, 4) is 5.75 Å². The second-order valence-corrected chi connectivity index (χ2v) is 4.21. The van der Waals surface area contributed by atoms with E-state index in [0.717, 1.165) is 24.3 Å². The summed E-state index contributed by atoms with van der Waals surface area (Å²) in [6, 6.07) is 5.63. The third-order valence-corrected chi connectivity index (χ3v) is 2.84. The lowest BCUT2D eigenvalue weighted by atomic mass is 10.1. The number of hydrogen-bond donors (Lipinski definition) is 3. The number of methoxy groups -OCH3 is 1. The number of halogens is 1. The Hall–Kier alpha value is -0.810. The molecule has 0 aliphatic rings. The average molecular weight is 259 g/mol. The van der Waals surface area contributed by atoms with Crippen molar-refractivity contribution in [2.24, 2.45) is 5.73 Å². The molecule has 96 valence electrons. The number of benzene rings is 1. The first-order valence-electron chi connectivity index (χ1n) is 5.58. The minimum atomic E-state index is -0.485. The van der Waals surface area contributed by atoms with Crippen molar-refractivity contribution < 1.29 is 9.84 Å². The Kier molecular flexibility index (Phi) is 6.29. The van der Waals surface area contributed by atoms with E-state index in [-0.39, 0.29) is 6.54 Å². The molecule has 4 nitrogen and oxygen atoms in total. The Morgan fingerprint density at radius 3 is 2.88 bits per heavy atom. The van der Waals surface area contributed by atoms with Gasteiger partial charge in [-0.25, -0.2) is 0 Å². The highest BCUT2D eigenvalue weighted by Gasteiger charge is 2.03. The standard InChI is InChI=1S/C12H19ClN2O2/c1-17-11-3-2-9(12(13)6-11)4-5-15-8-10(16)7-14/h2-3,6,10,15-16H,4-5,7-8,14H2,1H3. The summed E-state index contributed by atoms with van der Waals surface area (Å²) in [5, 5.41) is 13.1. The van der Waals surface area contributed by atoms with Crippen LogP contribution >= 0.6 is 11.6 Å². The van der Waals surface area contributed by atoms with Gasteiger partial charge in [0.1, 0.15) is 5.75 Å². The van der Waals surface area contributed by atoms with Crippen molar-refractivity contribution in [3.05, 3.63) is 28.8 Å². The number of nitrogens with two attached hydrogens (primary N) is 1. The summed E-state index contributed by atoms with van der Waals surface area (Å²) >= 11 is 6.10. The molecule has 0 spiro atoms. The summed E-state index contributed by atoms with van der Waals surface area (Å²) in [6.07, 6.45) is 0.321. The molecular weight excluding hydrogens is 240 g/mol. The SMILES string of the molecule is COc1ccc(CCNCC(O)CN)c(Cl)c1. The van der Waals surface area contributed by atoms with E-state index < -0.39 is 6.10 Å². The minimum absolute atomic E-state index is 0.274. The highest BCUT2D eigenvalue weighted by molar-refractivity contribution is 6.31. The Morgan fingerprint density at radius 2 is 2.29 bits per heavy atom. The van der Waals surface area contributed by atoms with Gasteiger partial charge >= 0.3 is 0 Å². The number of ether oxygens (including phenoxy) is 1. The van der Waals surface area contributed by atoms with E-state index in [0.29, 0.717) is 11.6 Å². The molecule has 4 N–H and O–H groups in total. The summed E-state index contributed by atoms with van der Waals surface area (Å²) < 4.78 is 5.07. The number of rotatable bonds is 7. The Labute approximate surface area is 107 Å². The van der Waals surface area contributed by atoms with Gasteiger partial charge in [0.2, 0.25) is 0 Å². The molecule has 1 aromatic rings. The van der Waals surface area contributed by atoms with Crippen LogP contribution < -0.4 is 15.8 Å².